The maximum Gasteiger partial charge on any atom is 0.224 e. The molecule has 106 valence electrons. The summed E-state index contributed by atoms with van der Waals surface area (Å²) in [6.07, 6.45) is 1.77. The first-order valence-electron chi connectivity index (χ1n) is 6.51. The average molecular weight is 256 g/mol. The van der Waals surface area contributed by atoms with Gasteiger partial charge in [-0.2, -0.15) is 0 Å². The molecule has 0 N–H and O–H groups in total. The summed E-state index contributed by atoms with van der Waals surface area (Å²) in [5.41, 5.74) is 0. The van der Waals surface area contributed by atoms with E-state index in [-0.39, 0.29) is 0 Å². The summed E-state index contributed by atoms with van der Waals surface area (Å²) in [4.78, 5) is 12.9. The Labute approximate surface area is 112 Å². The summed E-state index contributed by atoms with van der Waals surface area (Å²) in [7, 11) is 3.89. The van der Waals surface area contributed by atoms with Crippen LogP contribution in [0, 0.1) is 0 Å². The topological polar surface area (TPSA) is 40.4 Å². The molecule has 5 heteroatoms. The zero-order chi connectivity index (χ0) is 14.1. The van der Waals surface area contributed by atoms with E-state index < -0.39 is 0 Å². The molecule has 0 bridgehead atoms. The van der Waals surface area contributed by atoms with Crippen molar-refractivity contribution < 1.29 is 4.74 Å². The number of aliphatic imine (C=N–C) groups is 2. The molecule has 0 spiro atoms. The number of ether oxygens (including phenoxy) is 1. The van der Waals surface area contributed by atoms with Crippen molar-refractivity contribution in [3.63, 3.8) is 0 Å². The first-order chi connectivity index (χ1) is 8.40. The van der Waals surface area contributed by atoms with E-state index >= 15 is 0 Å². The molecule has 0 saturated heterocycles. The lowest BCUT2D eigenvalue weighted by Crippen LogP contribution is -2.41. The molecule has 0 aromatic rings. The third-order valence-electron chi connectivity index (χ3n) is 2.25. The Morgan fingerprint density at radius 3 is 2.11 bits per heavy atom. The van der Waals surface area contributed by atoms with E-state index in [1.54, 1.807) is 6.34 Å². The van der Waals surface area contributed by atoms with Crippen LogP contribution in [0.5, 0.6) is 0 Å². The van der Waals surface area contributed by atoms with Crippen LogP contribution < -0.4 is 0 Å². The van der Waals surface area contributed by atoms with Gasteiger partial charge in [-0.1, -0.05) is 0 Å². The maximum absolute atomic E-state index is 5.28. The van der Waals surface area contributed by atoms with Crippen LogP contribution in [0.1, 0.15) is 34.6 Å². The van der Waals surface area contributed by atoms with Crippen molar-refractivity contribution >= 4 is 12.3 Å². The molecule has 0 atom stereocenters. The third-order valence-corrected chi connectivity index (χ3v) is 2.25. The molecule has 0 aliphatic heterocycles. The molecular weight excluding hydrogens is 228 g/mol. The zero-order valence-corrected chi connectivity index (χ0v) is 12.8. The predicted octanol–water partition coefficient (Wildman–Crippen LogP) is 2.05. The van der Waals surface area contributed by atoms with E-state index in [9.17, 15) is 0 Å². The largest absolute Gasteiger partial charge is 0.369 e. The molecule has 0 rings (SSSR count). The predicted molar refractivity (Wildman–Crippen MR) is 78.2 cm³/mol. The van der Waals surface area contributed by atoms with Gasteiger partial charge in [0.05, 0.1) is 6.34 Å². The van der Waals surface area contributed by atoms with Crippen LogP contribution in [-0.2, 0) is 4.74 Å². The monoisotopic (exact) mass is 256 g/mol. The molecule has 0 fully saturated rings. The second-order valence-electron chi connectivity index (χ2n) is 4.88. The second-order valence-corrected chi connectivity index (χ2v) is 4.88. The van der Waals surface area contributed by atoms with Crippen molar-refractivity contribution in [2.24, 2.45) is 9.98 Å². The molecule has 0 aliphatic rings. The second kappa shape index (κ2) is 8.91. The molecule has 0 aromatic carbocycles. The fourth-order valence-electron chi connectivity index (χ4n) is 1.61. The minimum atomic E-state index is 0.352. The standard InChI is InChI=1S/C13H28N4O/c1-8-18-10-15-13(14-9-16(6)7)17(11(2)3)12(4)5/h9,11-12H,8,10H2,1-7H3/b14-9+,15-13-. The molecule has 5 nitrogen and oxygen atoms in total. The van der Waals surface area contributed by atoms with Gasteiger partial charge in [-0.3, -0.25) is 0 Å². The Bertz CT molecular complexity index is 264. The van der Waals surface area contributed by atoms with Crippen molar-refractivity contribution in [1.82, 2.24) is 9.80 Å². The Hall–Kier alpha value is -1.10. The summed E-state index contributed by atoms with van der Waals surface area (Å²) in [6, 6.07) is 0.703. The van der Waals surface area contributed by atoms with E-state index in [1.165, 1.54) is 0 Å². The molecule has 0 saturated carbocycles. The highest BCUT2D eigenvalue weighted by molar-refractivity contribution is 5.87. The molecule has 0 radical (unpaired) electrons. The SMILES string of the molecule is CCOC/N=C(/N=C/N(C)C)N(C(C)C)C(C)C. The Morgan fingerprint density at radius 2 is 1.72 bits per heavy atom. The van der Waals surface area contributed by atoms with E-state index in [1.807, 2.05) is 25.9 Å². The molecule has 0 heterocycles. The fraction of sp³-hybridized carbons (Fsp3) is 0.846. The van der Waals surface area contributed by atoms with Gasteiger partial charge < -0.3 is 14.5 Å². The van der Waals surface area contributed by atoms with Gasteiger partial charge >= 0.3 is 0 Å². The number of guanidine groups is 1. The van der Waals surface area contributed by atoms with E-state index in [0.29, 0.717) is 25.4 Å². The summed E-state index contributed by atoms with van der Waals surface area (Å²) in [6.45, 7) is 11.5. The Morgan fingerprint density at radius 1 is 1.17 bits per heavy atom. The first kappa shape index (κ1) is 16.9. The highest BCUT2D eigenvalue weighted by Crippen LogP contribution is 2.07. The van der Waals surface area contributed by atoms with Gasteiger partial charge in [-0.15, -0.1) is 0 Å². The van der Waals surface area contributed by atoms with Gasteiger partial charge in [-0.25, -0.2) is 9.98 Å². The van der Waals surface area contributed by atoms with Crippen LogP contribution in [0.15, 0.2) is 9.98 Å². The van der Waals surface area contributed by atoms with E-state index in [2.05, 4.69) is 42.6 Å². The molecule has 0 unspecified atom stereocenters. The van der Waals surface area contributed by atoms with Gasteiger partial charge in [0.25, 0.3) is 0 Å². The molecule has 0 aliphatic carbocycles. The smallest absolute Gasteiger partial charge is 0.224 e. The minimum absolute atomic E-state index is 0.352. The van der Waals surface area contributed by atoms with Crippen LogP contribution in [0.25, 0.3) is 0 Å². The van der Waals surface area contributed by atoms with Gasteiger partial charge in [0.15, 0.2) is 0 Å². The summed E-state index contributed by atoms with van der Waals surface area (Å²) in [5, 5.41) is 0. The lowest BCUT2D eigenvalue weighted by molar-refractivity contribution is 0.154. The molecule has 0 amide bonds. The number of hydrogen-bond acceptors (Lipinski definition) is 2. The van der Waals surface area contributed by atoms with Gasteiger partial charge in [0.2, 0.25) is 5.96 Å². The van der Waals surface area contributed by atoms with Gasteiger partial charge in [0, 0.05) is 32.8 Å². The normalized spacial score (nSPS) is 12.8. The number of nitrogens with zero attached hydrogens (tertiary/aromatic N) is 4. The van der Waals surface area contributed by atoms with Gasteiger partial charge in [-0.05, 0) is 34.6 Å². The van der Waals surface area contributed by atoms with Crippen LogP contribution in [0.2, 0.25) is 0 Å². The zero-order valence-electron chi connectivity index (χ0n) is 12.8. The van der Waals surface area contributed by atoms with Crippen LogP contribution >= 0.6 is 0 Å². The van der Waals surface area contributed by atoms with E-state index in [4.69, 9.17) is 4.74 Å². The number of hydrogen-bond donors (Lipinski definition) is 0. The van der Waals surface area contributed by atoms with Crippen molar-refractivity contribution in [2.75, 3.05) is 27.4 Å². The first-order valence-corrected chi connectivity index (χ1v) is 6.51. The van der Waals surface area contributed by atoms with Crippen LogP contribution in [-0.4, -0.2) is 61.6 Å². The Kier molecular flexibility index (Phi) is 8.37. The molecule has 18 heavy (non-hydrogen) atoms. The highest BCUT2D eigenvalue weighted by Gasteiger charge is 2.17. The van der Waals surface area contributed by atoms with E-state index in [0.717, 1.165) is 5.96 Å². The average Bonchev–Trinajstić information content (AvgIpc) is 2.24. The molecular formula is C13H28N4O. The lowest BCUT2D eigenvalue weighted by Gasteiger charge is -2.31. The maximum atomic E-state index is 5.28. The van der Waals surface area contributed by atoms with Crippen molar-refractivity contribution in [2.45, 2.75) is 46.7 Å². The van der Waals surface area contributed by atoms with Gasteiger partial charge in [0.1, 0.15) is 6.73 Å². The minimum Gasteiger partial charge on any atom is -0.369 e. The van der Waals surface area contributed by atoms with Crippen molar-refractivity contribution in [3.05, 3.63) is 0 Å². The molecule has 0 aromatic heterocycles. The highest BCUT2D eigenvalue weighted by atomic mass is 16.5. The number of rotatable bonds is 6. The summed E-state index contributed by atoms with van der Waals surface area (Å²) < 4.78 is 5.28. The van der Waals surface area contributed by atoms with Crippen LogP contribution in [0.3, 0.4) is 0 Å². The van der Waals surface area contributed by atoms with Crippen LogP contribution in [0.4, 0.5) is 0 Å². The summed E-state index contributed by atoms with van der Waals surface area (Å²) in [5.74, 6) is 0.724. The lowest BCUT2D eigenvalue weighted by atomic mass is 10.2. The summed E-state index contributed by atoms with van der Waals surface area (Å²) >= 11 is 0. The Balaban J connectivity index is 4.97. The van der Waals surface area contributed by atoms with Crippen molar-refractivity contribution in [1.29, 1.82) is 0 Å². The van der Waals surface area contributed by atoms with Crippen molar-refractivity contribution in [3.8, 4) is 0 Å². The fourth-order valence-corrected chi connectivity index (χ4v) is 1.61. The third kappa shape index (κ3) is 6.59. The quantitative estimate of drug-likeness (QED) is 0.415.